The van der Waals surface area contributed by atoms with E-state index in [9.17, 15) is 8.78 Å². The second kappa shape index (κ2) is 6.11. The van der Waals surface area contributed by atoms with E-state index < -0.39 is 11.6 Å². The van der Waals surface area contributed by atoms with Gasteiger partial charge in [-0.25, -0.2) is 8.78 Å². The molecule has 22 heavy (non-hydrogen) atoms. The predicted molar refractivity (Wildman–Crippen MR) is 78.4 cm³/mol. The summed E-state index contributed by atoms with van der Waals surface area (Å²) in [6.45, 7) is -0.00466. The standard InChI is InChI=1S/C15H10ClF2N3O/c16-10-5-2-1-4-9(10)15-21-20-13(22-15)8-19-14-11(17)6-3-7-12(14)18/h1-7,19H,8H2. The highest BCUT2D eigenvalue weighted by Crippen LogP contribution is 2.26. The van der Waals surface area contributed by atoms with Crippen LogP contribution in [-0.4, -0.2) is 10.2 Å². The molecule has 0 saturated heterocycles. The molecule has 7 heteroatoms. The van der Waals surface area contributed by atoms with Gasteiger partial charge in [0.25, 0.3) is 0 Å². The lowest BCUT2D eigenvalue weighted by atomic mass is 10.2. The van der Waals surface area contributed by atoms with E-state index in [1.54, 1.807) is 24.3 Å². The first-order chi connectivity index (χ1) is 10.6. The summed E-state index contributed by atoms with van der Waals surface area (Å²) in [7, 11) is 0. The number of nitrogens with one attached hydrogen (secondary N) is 1. The first-order valence-electron chi connectivity index (χ1n) is 6.40. The number of nitrogens with zero attached hydrogens (tertiary/aromatic N) is 2. The van der Waals surface area contributed by atoms with Crippen LogP contribution in [0.25, 0.3) is 11.5 Å². The third-order valence-corrected chi connectivity index (χ3v) is 3.28. The lowest BCUT2D eigenvalue weighted by Crippen LogP contribution is -2.04. The number of benzene rings is 2. The minimum Gasteiger partial charge on any atom is -0.419 e. The molecule has 2 aromatic carbocycles. The normalized spacial score (nSPS) is 10.7. The Kier molecular flexibility index (Phi) is 4.02. The van der Waals surface area contributed by atoms with Crippen molar-refractivity contribution in [3.05, 3.63) is 65.0 Å². The molecule has 0 saturated carbocycles. The zero-order valence-corrected chi connectivity index (χ0v) is 11.9. The highest BCUT2D eigenvalue weighted by molar-refractivity contribution is 6.33. The Balaban J connectivity index is 1.77. The summed E-state index contributed by atoms with van der Waals surface area (Å²) in [5, 5.41) is 10.8. The molecule has 0 aliphatic heterocycles. The van der Waals surface area contributed by atoms with Gasteiger partial charge in [-0.2, -0.15) is 0 Å². The van der Waals surface area contributed by atoms with Crippen LogP contribution in [0.15, 0.2) is 46.9 Å². The van der Waals surface area contributed by atoms with Crippen LogP contribution in [0, 0.1) is 11.6 Å². The average molecular weight is 322 g/mol. The Bertz CT molecular complexity index is 787. The molecule has 0 fully saturated rings. The zero-order chi connectivity index (χ0) is 15.5. The molecular weight excluding hydrogens is 312 g/mol. The van der Waals surface area contributed by atoms with Gasteiger partial charge >= 0.3 is 0 Å². The number of halogens is 3. The van der Waals surface area contributed by atoms with Gasteiger partial charge in [-0.3, -0.25) is 0 Å². The quantitative estimate of drug-likeness (QED) is 0.779. The molecule has 0 aliphatic rings. The molecule has 112 valence electrons. The molecule has 0 bridgehead atoms. The van der Waals surface area contributed by atoms with E-state index in [-0.39, 0.29) is 24.0 Å². The van der Waals surface area contributed by atoms with Gasteiger partial charge in [0, 0.05) is 0 Å². The molecule has 0 radical (unpaired) electrons. The van der Waals surface area contributed by atoms with E-state index in [1.165, 1.54) is 6.07 Å². The molecule has 4 nitrogen and oxygen atoms in total. The molecule has 1 heterocycles. The summed E-state index contributed by atoms with van der Waals surface area (Å²) >= 11 is 6.04. The number of rotatable bonds is 4. The molecule has 0 unspecified atom stereocenters. The number of aromatic nitrogens is 2. The smallest absolute Gasteiger partial charge is 0.249 e. The molecule has 0 amide bonds. The molecule has 1 aromatic heterocycles. The summed E-state index contributed by atoms with van der Waals surface area (Å²) in [5.41, 5.74) is 0.361. The second-order valence-electron chi connectivity index (χ2n) is 4.43. The molecule has 0 spiro atoms. The van der Waals surface area contributed by atoms with Crippen LogP contribution >= 0.6 is 11.6 Å². The lowest BCUT2D eigenvalue weighted by Gasteiger charge is -2.05. The van der Waals surface area contributed by atoms with Crippen molar-refractivity contribution in [1.29, 1.82) is 0 Å². The maximum Gasteiger partial charge on any atom is 0.249 e. The summed E-state index contributed by atoms with van der Waals surface area (Å²) in [5.74, 6) is -0.939. The lowest BCUT2D eigenvalue weighted by molar-refractivity contribution is 0.512. The SMILES string of the molecule is Fc1cccc(F)c1NCc1nnc(-c2ccccc2Cl)o1. The van der Waals surface area contributed by atoms with Crippen molar-refractivity contribution < 1.29 is 13.2 Å². The van der Waals surface area contributed by atoms with E-state index in [0.29, 0.717) is 10.6 Å². The van der Waals surface area contributed by atoms with Crippen molar-refractivity contribution in [2.45, 2.75) is 6.54 Å². The maximum atomic E-state index is 13.5. The zero-order valence-electron chi connectivity index (χ0n) is 11.2. The molecule has 0 aliphatic carbocycles. The number of anilines is 1. The third-order valence-electron chi connectivity index (χ3n) is 2.95. The van der Waals surface area contributed by atoms with Crippen LogP contribution in [0.5, 0.6) is 0 Å². The third kappa shape index (κ3) is 2.92. The Hall–Kier alpha value is -2.47. The number of hydrogen-bond acceptors (Lipinski definition) is 4. The van der Waals surface area contributed by atoms with Crippen LogP contribution < -0.4 is 5.32 Å². The van der Waals surface area contributed by atoms with E-state index in [4.69, 9.17) is 16.0 Å². The molecule has 1 N–H and O–H groups in total. The van der Waals surface area contributed by atoms with Crippen molar-refractivity contribution in [2.24, 2.45) is 0 Å². The van der Waals surface area contributed by atoms with Crippen molar-refractivity contribution in [1.82, 2.24) is 10.2 Å². The van der Waals surface area contributed by atoms with Gasteiger partial charge < -0.3 is 9.73 Å². The van der Waals surface area contributed by atoms with Crippen molar-refractivity contribution in [2.75, 3.05) is 5.32 Å². The van der Waals surface area contributed by atoms with Crippen LogP contribution in [-0.2, 0) is 6.54 Å². The van der Waals surface area contributed by atoms with Crippen molar-refractivity contribution in [3.63, 3.8) is 0 Å². The second-order valence-corrected chi connectivity index (χ2v) is 4.84. The van der Waals surface area contributed by atoms with E-state index in [1.807, 2.05) is 0 Å². The maximum absolute atomic E-state index is 13.5. The van der Waals surface area contributed by atoms with Crippen LogP contribution in [0.4, 0.5) is 14.5 Å². The first kappa shape index (κ1) is 14.5. The minimum atomic E-state index is -0.689. The Labute approximate surface area is 129 Å². The van der Waals surface area contributed by atoms with Crippen molar-refractivity contribution in [3.8, 4) is 11.5 Å². The Morgan fingerprint density at radius 3 is 2.45 bits per heavy atom. The minimum absolute atomic E-state index is 0.00466. The van der Waals surface area contributed by atoms with Crippen LogP contribution in [0.1, 0.15) is 5.89 Å². The van der Waals surface area contributed by atoms with Crippen molar-refractivity contribution >= 4 is 17.3 Å². The largest absolute Gasteiger partial charge is 0.419 e. The fraction of sp³-hybridized carbons (Fsp3) is 0.0667. The van der Waals surface area contributed by atoms with Gasteiger partial charge in [0.2, 0.25) is 11.8 Å². The fourth-order valence-corrected chi connectivity index (χ4v) is 2.12. The van der Waals surface area contributed by atoms with Crippen LogP contribution in [0.3, 0.4) is 0 Å². The van der Waals surface area contributed by atoms with Gasteiger partial charge in [0.05, 0.1) is 17.1 Å². The summed E-state index contributed by atoms with van der Waals surface area (Å²) in [6, 6.07) is 10.6. The summed E-state index contributed by atoms with van der Waals surface area (Å²) in [4.78, 5) is 0. The number of para-hydroxylation sites is 1. The highest BCUT2D eigenvalue weighted by atomic mass is 35.5. The monoisotopic (exact) mass is 321 g/mol. The topological polar surface area (TPSA) is 51.0 Å². The van der Waals surface area contributed by atoms with E-state index >= 15 is 0 Å². The van der Waals surface area contributed by atoms with Gasteiger partial charge in [-0.15, -0.1) is 10.2 Å². The van der Waals surface area contributed by atoms with E-state index in [0.717, 1.165) is 12.1 Å². The fourth-order valence-electron chi connectivity index (χ4n) is 1.90. The highest BCUT2D eigenvalue weighted by Gasteiger charge is 2.13. The summed E-state index contributed by atoms with van der Waals surface area (Å²) in [6.07, 6.45) is 0. The Morgan fingerprint density at radius 1 is 1.00 bits per heavy atom. The first-order valence-corrected chi connectivity index (χ1v) is 6.78. The number of hydrogen-bond donors (Lipinski definition) is 1. The van der Waals surface area contributed by atoms with Gasteiger partial charge in [-0.05, 0) is 24.3 Å². The van der Waals surface area contributed by atoms with Gasteiger partial charge in [0.15, 0.2) is 0 Å². The molecule has 0 atom stereocenters. The average Bonchev–Trinajstić information content (AvgIpc) is 2.96. The predicted octanol–water partition coefficient (Wildman–Crippen LogP) is 4.28. The summed E-state index contributed by atoms with van der Waals surface area (Å²) < 4.78 is 32.4. The molecular formula is C15H10ClF2N3O. The van der Waals surface area contributed by atoms with Crippen LogP contribution in [0.2, 0.25) is 5.02 Å². The van der Waals surface area contributed by atoms with Gasteiger partial charge in [-0.1, -0.05) is 29.8 Å². The van der Waals surface area contributed by atoms with Gasteiger partial charge in [0.1, 0.15) is 17.3 Å². The Morgan fingerprint density at radius 2 is 1.73 bits per heavy atom. The molecule has 3 aromatic rings. The van der Waals surface area contributed by atoms with E-state index in [2.05, 4.69) is 15.5 Å². The molecule has 3 rings (SSSR count).